The first-order valence-electron chi connectivity index (χ1n) is 20.9. The summed E-state index contributed by atoms with van der Waals surface area (Å²) in [7, 11) is -3.32. The van der Waals surface area contributed by atoms with Crippen molar-refractivity contribution >= 4 is 105 Å². The van der Waals surface area contributed by atoms with Gasteiger partial charge in [0.2, 0.25) is 5.95 Å². The molecule has 6 heteroatoms. The first-order chi connectivity index (χ1) is 30.6. The van der Waals surface area contributed by atoms with Crippen molar-refractivity contribution in [1.29, 1.82) is 0 Å². The summed E-state index contributed by atoms with van der Waals surface area (Å²) >= 11 is 0. The highest BCUT2D eigenvalue weighted by atomic mass is 31.2. The normalized spacial score (nSPS) is 12.3. The lowest BCUT2D eigenvalue weighted by Gasteiger charge is -2.21. The van der Waals surface area contributed by atoms with E-state index in [0.29, 0.717) is 0 Å². The highest BCUT2D eigenvalue weighted by Crippen LogP contribution is 2.46. The Hall–Kier alpha value is -7.85. The van der Waals surface area contributed by atoms with E-state index in [1.54, 1.807) is 0 Å². The number of imidazole rings is 1. The molecule has 62 heavy (non-hydrogen) atoms. The third kappa shape index (κ3) is 5.06. The topological polar surface area (TPSA) is 52.2 Å². The molecule has 0 spiro atoms. The summed E-state index contributed by atoms with van der Waals surface area (Å²) in [6.07, 6.45) is 0. The van der Waals surface area contributed by atoms with Crippen LogP contribution in [0.2, 0.25) is 0 Å². The van der Waals surface area contributed by atoms with E-state index < -0.39 is 7.14 Å². The second kappa shape index (κ2) is 13.3. The van der Waals surface area contributed by atoms with Crippen LogP contribution in [-0.2, 0) is 4.57 Å². The van der Waals surface area contributed by atoms with E-state index in [4.69, 9.17) is 9.97 Å². The number of rotatable bonds is 5. The summed E-state index contributed by atoms with van der Waals surface area (Å²) < 4.78 is 20.6. The average Bonchev–Trinajstić information content (AvgIpc) is 3.90. The van der Waals surface area contributed by atoms with Gasteiger partial charge >= 0.3 is 0 Å². The van der Waals surface area contributed by atoms with Gasteiger partial charge < -0.3 is 4.57 Å². The Balaban J connectivity index is 1.04. The number of hydrogen-bond donors (Lipinski definition) is 0. The molecule has 10 aromatic carbocycles. The average molecular weight is 811 g/mol. The van der Waals surface area contributed by atoms with Crippen LogP contribution in [0.5, 0.6) is 0 Å². The van der Waals surface area contributed by atoms with Crippen LogP contribution in [0.25, 0.3) is 98.8 Å². The molecular formula is C56H35N4OP. The standard InChI is InChI=1S/C56H35N4OP/c61-62(42-31-25-36-13-1-3-15-39(36)33-42,43-32-26-37-14-2-4-16-40(37)34-43)41-29-27-38(28-30-41)48-35-49-45-18-8-11-23-52(45)59(54(49)46-19-6-5-17-44(46)48)56-58-50-21-9-7-20-47(50)55-57-51-22-10-12-24-53(51)60(55)56/h1-35H. The Morgan fingerprint density at radius 2 is 0.919 bits per heavy atom. The minimum atomic E-state index is -3.32. The maximum Gasteiger partial charge on any atom is 0.221 e. The van der Waals surface area contributed by atoms with Crippen molar-refractivity contribution in [3.63, 3.8) is 0 Å². The fraction of sp³-hybridized carbons (Fsp3) is 0. The van der Waals surface area contributed by atoms with Crippen LogP contribution in [0.4, 0.5) is 0 Å². The predicted octanol–water partition coefficient (Wildman–Crippen LogP) is 12.9. The van der Waals surface area contributed by atoms with Crippen LogP contribution < -0.4 is 15.9 Å². The third-order valence-electron chi connectivity index (χ3n) is 12.7. The zero-order valence-corrected chi connectivity index (χ0v) is 34.2. The lowest BCUT2D eigenvalue weighted by molar-refractivity contribution is 0.592. The molecule has 0 radical (unpaired) electrons. The van der Waals surface area contributed by atoms with Gasteiger partial charge in [-0.2, -0.15) is 0 Å². The van der Waals surface area contributed by atoms with E-state index in [0.717, 1.165) is 115 Å². The minimum absolute atomic E-state index is 0.791. The Labute approximate surface area is 356 Å². The van der Waals surface area contributed by atoms with Gasteiger partial charge in [-0.05, 0) is 86.6 Å². The summed E-state index contributed by atoms with van der Waals surface area (Å²) in [6.45, 7) is 0. The monoisotopic (exact) mass is 810 g/mol. The van der Waals surface area contributed by atoms with E-state index in [2.05, 4.69) is 173 Å². The molecule has 290 valence electrons. The summed E-state index contributed by atoms with van der Waals surface area (Å²) in [4.78, 5) is 10.6. The summed E-state index contributed by atoms with van der Waals surface area (Å²) in [5, 5.41) is 12.3. The number of fused-ring (bicyclic) bond motifs is 12. The van der Waals surface area contributed by atoms with Gasteiger partial charge in [0.25, 0.3) is 0 Å². The predicted molar refractivity (Wildman–Crippen MR) is 260 cm³/mol. The molecule has 0 aliphatic heterocycles. The van der Waals surface area contributed by atoms with Crippen LogP contribution >= 0.6 is 7.14 Å². The van der Waals surface area contributed by atoms with Crippen LogP contribution in [0.1, 0.15) is 0 Å². The van der Waals surface area contributed by atoms with Crippen molar-refractivity contribution in [2.45, 2.75) is 0 Å². The molecule has 13 aromatic rings. The van der Waals surface area contributed by atoms with Gasteiger partial charge in [0.05, 0.1) is 27.6 Å². The first-order valence-corrected chi connectivity index (χ1v) is 22.6. The zero-order chi connectivity index (χ0) is 40.9. The quantitative estimate of drug-likeness (QED) is 0.163. The van der Waals surface area contributed by atoms with Crippen molar-refractivity contribution in [2.24, 2.45) is 0 Å². The van der Waals surface area contributed by atoms with Gasteiger partial charge in [-0.15, -0.1) is 0 Å². The van der Waals surface area contributed by atoms with E-state index >= 15 is 4.57 Å². The second-order valence-electron chi connectivity index (χ2n) is 16.1. The fourth-order valence-electron chi connectivity index (χ4n) is 9.79. The van der Waals surface area contributed by atoms with Gasteiger partial charge in [0, 0.05) is 37.5 Å². The SMILES string of the molecule is O=P(c1ccc(-c2cc3c4ccccc4n(-c4nc5ccccc5c5nc6ccccc6n45)c3c3ccccc23)cc1)(c1ccc2ccccc2c1)c1ccc2ccccc2c1. The van der Waals surface area contributed by atoms with Gasteiger partial charge in [0.1, 0.15) is 5.65 Å². The smallest absolute Gasteiger partial charge is 0.221 e. The molecule has 0 aliphatic carbocycles. The van der Waals surface area contributed by atoms with E-state index in [1.807, 2.05) is 48.5 Å². The van der Waals surface area contributed by atoms with Crippen LogP contribution in [0.3, 0.4) is 0 Å². The number of benzene rings is 10. The second-order valence-corrected chi connectivity index (χ2v) is 18.9. The molecule has 0 atom stereocenters. The number of aromatic nitrogens is 4. The Kier molecular flexibility index (Phi) is 7.51. The van der Waals surface area contributed by atoms with Crippen LogP contribution in [0, 0.1) is 0 Å². The number of para-hydroxylation sites is 4. The molecule has 13 rings (SSSR count). The van der Waals surface area contributed by atoms with Crippen molar-refractivity contribution in [3.05, 3.63) is 212 Å². The highest BCUT2D eigenvalue weighted by Gasteiger charge is 2.31. The van der Waals surface area contributed by atoms with Crippen molar-refractivity contribution in [3.8, 4) is 17.1 Å². The maximum absolute atomic E-state index is 16.0. The maximum atomic E-state index is 16.0. The summed E-state index contributed by atoms with van der Waals surface area (Å²) in [5.41, 5.74) is 8.01. The Morgan fingerprint density at radius 3 is 1.61 bits per heavy atom. The van der Waals surface area contributed by atoms with E-state index in [9.17, 15) is 0 Å². The minimum Gasteiger partial charge on any atom is -0.309 e. The molecular weight excluding hydrogens is 776 g/mol. The molecule has 0 amide bonds. The van der Waals surface area contributed by atoms with Crippen molar-refractivity contribution in [1.82, 2.24) is 18.9 Å². The largest absolute Gasteiger partial charge is 0.309 e. The molecule has 0 saturated carbocycles. The Bertz CT molecular complexity index is 3950. The molecule has 0 bridgehead atoms. The number of hydrogen-bond acceptors (Lipinski definition) is 3. The van der Waals surface area contributed by atoms with Crippen molar-refractivity contribution in [2.75, 3.05) is 0 Å². The van der Waals surface area contributed by atoms with Gasteiger partial charge in [-0.25, -0.2) is 9.97 Å². The van der Waals surface area contributed by atoms with Gasteiger partial charge in [0.15, 0.2) is 7.14 Å². The van der Waals surface area contributed by atoms with Crippen LogP contribution in [-0.4, -0.2) is 18.9 Å². The summed E-state index contributed by atoms with van der Waals surface area (Å²) in [6, 6.07) is 73.8. The fourth-order valence-corrected chi connectivity index (χ4v) is 12.5. The van der Waals surface area contributed by atoms with Crippen molar-refractivity contribution < 1.29 is 4.57 Å². The molecule has 5 nitrogen and oxygen atoms in total. The zero-order valence-electron chi connectivity index (χ0n) is 33.4. The molecule has 0 aliphatic rings. The molecule has 0 unspecified atom stereocenters. The Morgan fingerprint density at radius 1 is 0.387 bits per heavy atom. The first kappa shape index (κ1) is 35.0. The molecule has 3 heterocycles. The number of nitrogens with zero attached hydrogens (tertiary/aromatic N) is 4. The summed E-state index contributed by atoms with van der Waals surface area (Å²) in [5.74, 6) is 0.791. The lowest BCUT2D eigenvalue weighted by Crippen LogP contribution is -2.25. The van der Waals surface area contributed by atoms with Gasteiger partial charge in [-0.3, -0.25) is 8.97 Å². The lowest BCUT2D eigenvalue weighted by atomic mass is 9.95. The molecule has 0 N–H and O–H groups in total. The van der Waals surface area contributed by atoms with E-state index in [1.165, 1.54) is 0 Å². The third-order valence-corrected chi connectivity index (χ3v) is 15.8. The highest BCUT2D eigenvalue weighted by molar-refractivity contribution is 7.85. The van der Waals surface area contributed by atoms with Gasteiger partial charge in [-0.1, -0.05) is 164 Å². The molecule has 3 aromatic heterocycles. The van der Waals surface area contributed by atoms with E-state index in [-0.39, 0.29) is 0 Å². The van der Waals surface area contributed by atoms with Crippen LogP contribution in [0.15, 0.2) is 212 Å². The molecule has 0 saturated heterocycles. The molecule has 0 fully saturated rings.